The summed E-state index contributed by atoms with van der Waals surface area (Å²) in [5.41, 5.74) is 0.779. The van der Waals surface area contributed by atoms with Gasteiger partial charge < -0.3 is 9.47 Å². The normalized spacial score (nSPS) is 20.0. The first-order chi connectivity index (χ1) is 8.65. The van der Waals surface area contributed by atoms with E-state index in [9.17, 15) is 4.79 Å². The molecule has 5 nitrogen and oxygen atoms in total. The van der Waals surface area contributed by atoms with Crippen LogP contribution in [0.2, 0.25) is 5.15 Å². The summed E-state index contributed by atoms with van der Waals surface area (Å²) >= 11 is 5.80. The number of aromatic nitrogens is 3. The number of hydrogen-bond donors (Lipinski definition) is 0. The summed E-state index contributed by atoms with van der Waals surface area (Å²) in [4.78, 5) is 13.7. The first-order valence-electron chi connectivity index (χ1n) is 5.88. The molecule has 3 rings (SSSR count). The van der Waals surface area contributed by atoms with E-state index in [-0.39, 0.29) is 11.8 Å². The van der Waals surface area contributed by atoms with Crippen molar-refractivity contribution in [3.63, 3.8) is 0 Å². The predicted octanol–water partition coefficient (Wildman–Crippen LogP) is 1.56. The zero-order valence-electron chi connectivity index (χ0n) is 10.0. The predicted molar refractivity (Wildman–Crippen MR) is 68.3 cm³/mol. The molecular formula is C12H13ClN4O. The van der Waals surface area contributed by atoms with Gasteiger partial charge in [-0.15, -0.1) is 10.2 Å². The molecule has 0 aromatic carbocycles. The first kappa shape index (κ1) is 11.5. The maximum atomic E-state index is 11.9. The van der Waals surface area contributed by atoms with Crippen LogP contribution in [0.4, 0.5) is 0 Å². The lowest BCUT2D eigenvalue weighted by Crippen LogP contribution is -2.24. The van der Waals surface area contributed by atoms with Gasteiger partial charge in [0.2, 0.25) is 5.91 Å². The third-order valence-corrected chi connectivity index (χ3v) is 3.62. The molecule has 18 heavy (non-hydrogen) atoms. The van der Waals surface area contributed by atoms with Crippen LogP contribution in [0.3, 0.4) is 0 Å². The van der Waals surface area contributed by atoms with Crippen molar-refractivity contribution in [2.45, 2.75) is 13.0 Å². The summed E-state index contributed by atoms with van der Waals surface area (Å²) < 4.78 is 1.97. The second-order valence-electron chi connectivity index (χ2n) is 4.66. The summed E-state index contributed by atoms with van der Waals surface area (Å²) in [6, 6.07) is 3.72. The van der Waals surface area contributed by atoms with Crippen LogP contribution in [0.15, 0.2) is 18.3 Å². The van der Waals surface area contributed by atoms with Crippen LogP contribution < -0.4 is 0 Å². The number of halogens is 1. The standard InChI is InChI=1S/C12H13ClN4O/c1-16-4-2-9(12(16)18)7-17-5-3-8-6-10(13)14-15-11(8)17/h3,5-6,9H,2,4,7H2,1H3. The second kappa shape index (κ2) is 4.24. The number of hydrogen-bond acceptors (Lipinski definition) is 3. The summed E-state index contributed by atoms with van der Waals surface area (Å²) in [6.07, 6.45) is 2.83. The summed E-state index contributed by atoms with van der Waals surface area (Å²) in [5.74, 6) is 0.252. The van der Waals surface area contributed by atoms with Crippen LogP contribution in [-0.2, 0) is 11.3 Å². The Labute approximate surface area is 109 Å². The van der Waals surface area contributed by atoms with Crippen molar-refractivity contribution in [2.75, 3.05) is 13.6 Å². The van der Waals surface area contributed by atoms with E-state index in [0.29, 0.717) is 11.7 Å². The van der Waals surface area contributed by atoms with Crippen molar-refractivity contribution in [1.82, 2.24) is 19.7 Å². The number of carbonyl (C=O) groups is 1. The lowest BCUT2D eigenvalue weighted by Gasteiger charge is -2.11. The minimum atomic E-state index is 0.0445. The Morgan fingerprint density at radius 3 is 3.06 bits per heavy atom. The third-order valence-electron chi connectivity index (χ3n) is 3.43. The van der Waals surface area contributed by atoms with E-state index in [1.54, 1.807) is 11.0 Å². The minimum absolute atomic E-state index is 0.0445. The SMILES string of the molecule is CN1CCC(Cn2ccc3cc(Cl)nnc32)C1=O. The zero-order chi connectivity index (χ0) is 12.7. The van der Waals surface area contributed by atoms with Gasteiger partial charge in [-0.1, -0.05) is 11.6 Å². The maximum absolute atomic E-state index is 11.9. The van der Waals surface area contributed by atoms with Crippen LogP contribution in [0.5, 0.6) is 0 Å². The molecule has 2 aromatic heterocycles. The van der Waals surface area contributed by atoms with Crippen molar-refractivity contribution < 1.29 is 4.79 Å². The van der Waals surface area contributed by atoms with E-state index in [2.05, 4.69) is 10.2 Å². The highest BCUT2D eigenvalue weighted by atomic mass is 35.5. The van der Waals surface area contributed by atoms with Gasteiger partial charge in [0, 0.05) is 31.7 Å². The van der Waals surface area contributed by atoms with Crippen molar-refractivity contribution >= 4 is 28.5 Å². The Hall–Kier alpha value is -1.62. The van der Waals surface area contributed by atoms with Crippen LogP contribution in [0.1, 0.15) is 6.42 Å². The topological polar surface area (TPSA) is 51.0 Å². The van der Waals surface area contributed by atoms with Gasteiger partial charge in [-0.05, 0) is 18.6 Å². The Morgan fingerprint density at radius 2 is 2.33 bits per heavy atom. The first-order valence-corrected chi connectivity index (χ1v) is 6.26. The Balaban J connectivity index is 1.89. The quantitative estimate of drug-likeness (QED) is 0.827. The fourth-order valence-corrected chi connectivity index (χ4v) is 2.57. The number of carbonyl (C=O) groups excluding carboxylic acids is 1. The van der Waals surface area contributed by atoms with Gasteiger partial charge in [-0.3, -0.25) is 4.79 Å². The van der Waals surface area contributed by atoms with Gasteiger partial charge in [0.25, 0.3) is 0 Å². The zero-order valence-corrected chi connectivity index (χ0v) is 10.8. The van der Waals surface area contributed by atoms with Gasteiger partial charge in [-0.2, -0.15) is 0 Å². The van der Waals surface area contributed by atoms with E-state index in [1.807, 2.05) is 23.9 Å². The van der Waals surface area contributed by atoms with Crippen LogP contribution in [-0.4, -0.2) is 39.2 Å². The van der Waals surface area contributed by atoms with Crippen molar-refractivity contribution in [3.8, 4) is 0 Å². The molecule has 0 spiro atoms. The number of amides is 1. The highest BCUT2D eigenvalue weighted by Crippen LogP contribution is 2.22. The Bertz CT molecular complexity index is 609. The molecule has 1 amide bonds. The highest BCUT2D eigenvalue weighted by Gasteiger charge is 2.29. The molecule has 1 aliphatic heterocycles. The lowest BCUT2D eigenvalue weighted by atomic mass is 10.1. The van der Waals surface area contributed by atoms with E-state index >= 15 is 0 Å². The molecule has 1 saturated heterocycles. The number of fused-ring (bicyclic) bond motifs is 1. The van der Waals surface area contributed by atoms with Gasteiger partial charge in [-0.25, -0.2) is 0 Å². The molecule has 0 bridgehead atoms. The van der Waals surface area contributed by atoms with Crippen molar-refractivity contribution in [1.29, 1.82) is 0 Å². The summed E-state index contributed by atoms with van der Waals surface area (Å²) in [5, 5.41) is 9.27. The average molecular weight is 265 g/mol. The highest BCUT2D eigenvalue weighted by molar-refractivity contribution is 6.29. The molecule has 1 unspecified atom stereocenters. The van der Waals surface area contributed by atoms with Crippen molar-refractivity contribution in [2.24, 2.45) is 5.92 Å². The summed E-state index contributed by atoms with van der Waals surface area (Å²) in [7, 11) is 1.84. The molecule has 0 saturated carbocycles. The molecule has 2 aromatic rings. The monoisotopic (exact) mass is 264 g/mol. The molecule has 0 aliphatic carbocycles. The van der Waals surface area contributed by atoms with Crippen LogP contribution in [0, 0.1) is 5.92 Å². The fourth-order valence-electron chi connectivity index (χ4n) is 2.41. The molecule has 1 atom stereocenters. The summed E-state index contributed by atoms with van der Waals surface area (Å²) in [6.45, 7) is 1.49. The van der Waals surface area contributed by atoms with E-state index in [4.69, 9.17) is 11.6 Å². The van der Waals surface area contributed by atoms with Gasteiger partial charge >= 0.3 is 0 Å². The number of likely N-dealkylation sites (tertiary alicyclic amines) is 1. The van der Waals surface area contributed by atoms with Crippen LogP contribution >= 0.6 is 11.6 Å². The number of nitrogens with zero attached hydrogens (tertiary/aromatic N) is 4. The molecule has 3 heterocycles. The Kier molecular flexibility index (Phi) is 2.70. The largest absolute Gasteiger partial charge is 0.345 e. The van der Waals surface area contributed by atoms with Gasteiger partial charge in [0.1, 0.15) is 0 Å². The maximum Gasteiger partial charge on any atom is 0.227 e. The van der Waals surface area contributed by atoms with E-state index in [0.717, 1.165) is 24.0 Å². The fraction of sp³-hybridized carbons (Fsp3) is 0.417. The molecule has 1 fully saturated rings. The van der Waals surface area contributed by atoms with E-state index < -0.39 is 0 Å². The van der Waals surface area contributed by atoms with Crippen molar-refractivity contribution in [3.05, 3.63) is 23.5 Å². The van der Waals surface area contributed by atoms with Gasteiger partial charge in [0.15, 0.2) is 10.8 Å². The molecule has 0 radical (unpaired) electrons. The molecule has 0 N–H and O–H groups in total. The third kappa shape index (κ3) is 1.84. The molecule has 1 aliphatic rings. The smallest absolute Gasteiger partial charge is 0.227 e. The molecule has 94 valence electrons. The average Bonchev–Trinajstić information content (AvgIpc) is 2.88. The molecular weight excluding hydrogens is 252 g/mol. The Morgan fingerprint density at radius 1 is 1.50 bits per heavy atom. The van der Waals surface area contributed by atoms with Gasteiger partial charge in [0.05, 0.1) is 5.92 Å². The van der Waals surface area contributed by atoms with Crippen LogP contribution in [0.25, 0.3) is 11.0 Å². The molecule has 6 heteroatoms. The van der Waals surface area contributed by atoms with E-state index in [1.165, 1.54) is 0 Å². The lowest BCUT2D eigenvalue weighted by molar-refractivity contribution is -0.130. The minimum Gasteiger partial charge on any atom is -0.345 e. The second-order valence-corrected chi connectivity index (χ2v) is 5.05. The number of rotatable bonds is 2.